The van der Waals surface area contributed by atoms with Gasteiger partial charge in [-0.1, -0.05) is 11.2 Å². The van der Waals surface area contributed by atoms with E-state index in [1.807, 2.05) is 4.90 Å². The molecule has 1 fully saturated rings. The van der Waals surface area contributed by atoms with E-state index in [4.69, 9.17) is 10.9 Å². The van der Waals surface area contributed by atoms with Crippen LogP contribution in [0.1, 0.15) is 25.3 Å². The highest BCUT2D eigenvalue weighted by atomic mass is 19.1. The summed E-state index contributed by atoms with van der Waals surface area (Å²) < 4.78 is 13.9. The number of hydrogen-bond acceptors (Lipinski definition) is 4. The lowest BCUT2D eigenvalue weighted by atomic mass is 9.94. The topological polar surface area (TPSA) is 82.1 Å². The van der Waals surface area contributed by atoms with Crippen LogP contribution in [-0.2, 0) is 0 Å². The van der Waals surface area contributed by atoms with Crippen molar-refractivity contribution in [1.82, 2.24) is 0 Å². The van der Waals surface area contributed by atoms with E-state index in [0.717, 1.165) is 6.42 Å². The molecule has 4 N–H and O–H groups in total. The molecule has 0 aromatic heterocycles. The average molecular weight is 267 g/mol. The third-order valence-corrected chi connectivity index (χ3v) is 3.37. The number of piperidine rings is 1. The smallest absolute Gasteiger partial charge is 0.175 e. The van der Waals surface area contributed by atoms with Gasteiger partial charge < -0.3 is 20.9 Å². The third kappa shape index (κ3) is 2.78. The van der Waals surface area contributed by atoms with Gasteiger partial charge in [0.25, 0.3) is 0 Å². The summed E-state index contributed by atoms with van der Waals surface area (Å²) in [6, 6.07) is 4.54. The van der Waals surface area contributed by atoms with Crippen molar-refractivity contribution < 1.29 is 14.7 Å². The minimum atomic E-state index is -0.813. The Morgan fingerprint density at radius 3 is 2.89 bits per heavy atom. The van der Waals surface area contributed by atoms with Crippen LogP contribution < -0.4 is 10.6 Å². The lowest BCUT2D eigenvalue weighted by molar-refractivity contribution is 0.0449. The van der Waals surface area contributed by atoms with E-state index >= 15 is 0 Å². The Labute approximate surface area is 111 Å². The van der Waals surface area contributed by atoms with Crippen molar-refractivity contribution in [3.05, 3.63) is 29.6 Å². The molecule has 0 saturated carbocycles. The Kier molecular flexibility index (Phi) is 3.61. The van der Waals surface area contributed by atoms with E-state index in [1.165, 1.54) is 6.07 Å². The quantitative estimate of drug-likeness (QED) is 0.326. The second-order valence-corrected chi connectivity index (χ2v) is 5.14. The maximum atomic E-state index is 13.9. The molecule has 0 radical (unpaired) electrons. The molecule has 1 atom stereocenters. The molecule has 0 bridgehead atoms. The molecule has 0 amide bonds. The highest BCUT2D eigenvalue weighted by molar-refractivity contribution is 6.02. The van der Waals surface area contributed by atoms with Gasteiger partial charge in [-0.25, -0.2) is 4.39 Å². The SMILES string of the molecule is CC1(O)CCCN(c2cccc(F)c2/C(N)=N/O)C1. The maximum Gasteiger partial charge on any atom is 0.175 e. The molecule has 104 valence electrons. The predicted octanol–water partition coefficient (Wildman–Crippen LogP) is 1.27. The summed E-state index contributed by atoms with van der Waals surface area (Å²) in [5.74, 6) is -0.809. The number of halogens is 1. The first-order valence-electron chi connectivity index (χ1n) is 6.18. The van der Waals surface area contributed by atoms with Crippen molar-refractivity contribution in [3.63, 3.8) is 0 Å². The summed E-state index contributed by atoms with van der Waals surface area (Å²) in [5.41, 5.74) is 5.34. The molecule has 0 aliphatic carbocycles. The van der Waals surface area contributed by atoms with Gasteiger partial charge in [0.05, 0.1) is 16.9 Å². The first-order chi connectivity index (χ1) is 8.94. The van der Waals surface area contributed by atoms with Crippen LogP contribution in [0.15, 0.2) is 23.4 Å². The number of amidine groups is 1. The maximum absolute atomic E-state index is 13.9. The Hall–Kier alpha value is -1.82. The fraction of sp³-hybridized carbons (Fsp3) is 0.462. The van der Waals surface area contributed by atoms with Crippen molar-refractivity contribution >= 4 is 11.5 Å². The fourth-order valence-electron chi connectivity index (χ4n) is 2.51. The van der Waals surface area contributed by atoms with Crippen LogP contribution in [0.2, 0.25) is 0 Å². The molecule has 1 aromatic carbocycles. The van der Waals surface area contributed by atoms with Crippen LogP contribution in [0.25, 0.3) is 0 Å². The molecular weight excluding hydrogens is 249 g/mol. The minimum Gasteiger partial charge on any atom is -0.409 e. The molecule has 1 aromatic rings. The second-order valence-electron chi connectivity index (χ2n) is 5.14. The van der Waals surface area contributed by atoms with E-state index in [0.29, 0.717) is 25.2 Å². The van der Waals surface area contributed by atoms with Gasteiger partial charge in [-0.3, -0.25) is 0 Å². The second kappa shape index (κ2) is 5.05. The molecule has 5 nitrogen and oxygen atoms in total. The van der Waals surface area contributed by atoms with Gasteiger partial charge in [0, 0.05) is 13.1 Å². The molecular formula is C13H18FN3O2. The summed E-state index contributed by atoms with van der Waals surface area (Å²) in [4.78, 5) is 1.86. The highest BCUT2D eigenvalue weighted by Gasteiger charge is 2.30. The van der Waals surface area contributed by atoms with Crippen LogP contribution in [0.5, 0.6) is 0 Å². The number of rotatable bonds is 2. The standard InChI is InChI=1S/C13H18FN3O2/c1-13(18)6-3-7-17(8-13)10-5-2-4-9(14)11(10)12(15)16-19/h2,4-5,18-19H,3,6-8H2,1H3,(H2,15,16). The molecule has 1 unspecified atom stereocenters. The number of nitrogens with zero attached hydrogens (tertiary/aromatic N) is 2. The van der Waals surface area contributed by atoms with E-state index in [9.17, 15) is 9.50 Å². The van der Waals surface area contributed by atoms with Gasteiger partial charge in [-0.05, 0) is 31.9 Å². The lowest BCUT2D eigenvalue weighted by Crippen LogP contribution is -2.46. The molecule has 1 aliphatic heterocycles. The van der Waals surface area contributed by atoms with Crippen LogP contribution in [0.3, 0.4) is 0 Å². The highest BCUT2D eigenvalue weighted by Crippen LogP contribution is 2.29. The Morgan fingerprint density at radius 2 is 2.26 bits per heavy atom. The molecule has 1 aliphatic rings. The normalized spacial score (nSPS) is 24.6. The van der Waals surface area contributed by atoms with Gasteiger partial charge in [-0.2, -0.15) is 0 Å². The largest absolute Gasteiger partial charge is 0.409 e. The summed E-state index contributed by atoms with van der Waals surface area (Å²) in [6.07, 6.45) is 1.51. The van der Waals surface area contributed by atoms with E-state index in [-0.39, 0.29) is 11.4 Å². The summed E-state index contributed by atoms with van der Waals surface area (Å²) in [5, 5.41) is 21.8. The number of hydrogen-bond donors (Lipinski definition) is 3. The van der Waals surface area contributed by atoms with Crippen LogP contribution >= 0.6 is 0 Å². The van der Waals surface area contributed by atoms with Gasteiger partial charge in [0.15, 0.2) is 5.84 Å². The van der Waals surface area contributed by atoms with Crippen molar-refractivity contribution in [1.29, 1.82) is 0 Å². The van der Waals surface area contributed by atoms with Gasteiger partial charge in [-0.15, -0.1) is 0 Å². The number of β-amino-alcohol motifs (C(OH)–C–C–N with tert-alkyl or cyclic N) is 1. The summed E-state index contributed by atoms with van der Waals surface area (Å²) in [7, 11) is 0. The predicted molar refractivity (Wildman–Crippen MR) is 71.0 cm³/mol. The molecule has 1 heterocycles. The Bertz CT molecular complexity index is 503. The summed E-state index contributed by atoms with van der Waals surface area (Å²) >= 11 is 0. The first-order valence-corrected chi connectivity index (χ1v) is 6.18. The van der Waals surface area contributed by atoms with Crippen LogP contribution in [0, 0.1) is 5.82 Å². The molecule has 0 spiro atoms. The number of nitrogens with two attached hydrogens (primary N) is 1. The van der Waals surface area contributed by atoms with Gasteiger partial charge >= 0.3 is 0 Å². The number of benzene rings is 1. The first kappa shape index (κ1) is 13.6. The van der Waals surface area contributed by atoms with Crippen molar-refractivity contribution in [2.75, 3.05) is 18.0 Å². The van der Waals surface area contributed by atoms with E-state index in [2.05, 4.69) is 5.16 Å². The molecule has 6 heteroatoms. The molecule has 19 heavy (non-hydrogen) atoms. The number of oxime groups is 1. The van der Waals surface area contributed by atoms with E-state index < -0.39 is 11.4 Å². The Morgan fingerprint density at radius 1 is 1.53 bits per heavy atom. The zero-order valence-electron chi connectivity index (χ0n) is 10.8. The minimum absolute atomic E-state index is 0.0719. The number of anilines is 1. The Balaban J connectivity index is 2.42. The van der Waals surface area contributed by atoms with Crippen molar-refractivity contribution in [3.8, 4) is 0 Å². The monoisotopic (exact) mass is 267 g/mol. The fourth-order valence-corrected chi connectivity index (χ4v) is 2.51. The van der Waals surface area contributed by atoms with Crippen molar-refractivity contribution in [2.45, 2.75) is 25.4 Å². The lowest BCUT2D eigenvalue weighted by Gasteiger charge is -2.39. The van der Waals surface area contributed by atoms with Gasteiger partial charge in [0.1, 0.15) is 5.82 Å². The third-order valence-electron chi connectivity index (χ3n) is 3.37. The van der Waals surface area contributed by atoms with Crippen LogP contribution in [-0.4, -0.2) is 34.8 Å². The average Bonchev–Trinajstić information content (AvgIpc) is 2.36. The zero-order chi connectivity index (χ0) is 14.0. The molecule has 1 saturated heterocycles. The van der Waals surface area contributed by atoms with Gasteiger partial charge in [0.2, 0.25) is 0 Å². The molecule has 2 rings (SSSR count). The van der Waals surface area contributed by atoms with E-state index in [1.54, 1.807) is 19.1 Å². The van der Waals surface area contributed by atoms with Crippen LogP contribution in [0.4, 0.5) is 10.1 Å². The summed E-state index contributed by atoms with van der Waals surface area (Å²) in [6.45, 7) is 2.84. The van der Waals surface area contributed by atoms with Crippen molar-refractivity contribution in [2.24, 2.45) is 10.9 Å². The zero-order valence-corrected chi connectivity index (χ0v) is 10.8. The number of aliphatic hydroxyl groups is 1.